The second-order valence-corrected chi connectivity index (χ2v) is 4.62. The molecule has 0 spiro atoms. The van der Waals surface area contributed by atoms with Crippen molar-refractivity contribution in [1.82, 2.24) is 4.57 Å². The first-order chi connectivity index (χ1) is 8.97. The predicted octanol–water partition coefficient (Wildman–Crippen LogP) is 3.25. The minimum atomic E-state index is -0.984. The Hall–Kier alpha value is -1.94. The van der Waals surface area contributed by atoms with Crippen molar-refractivity contribution in [2.24, 2.45) is 7.05 Å². The molecule has 0 aliphatic heterocycles. The molecule has 2 aromatic rings. The first-order valence-corrected chi connectivity index (χ1v) is 6.07. The van der Waals surface area contributed by atoms with Gasteiger partial charge in [0, 0.05) is 24.2 Å². The number of fused-ring (bicyclic) bond motifs is 1. The Balaban J connectivity index is 2.81. The fourth-order valence-corrected chi connectivity index (χ4v) is 2.58. The Labute approximate surface area is 115 Å². The lowest BCUT2D eigenvalue weighted by Gasteiger charge is -2.05. The normalized spacial score (nSPS) is 11.4. The lowest BCUT2D eigenvalue weighted by molar-refractivity contribution is -0.131. The largest absolute Gasteiger partial charge is 0.496 e. The average Bonchev–Trinajstić information content (AvgIpc) is 2.61. The molecule has 0 unspecified atom stereocenters. The van der Waals surface area contributed by atoms with Crippen molar-refractivity contribution in [2.75, 3.05) is 7.11 Å². The maximum atomic E-state index is 10.7. The van der Waals surface area contributed by atoms with Gasteiger partial charge >= 0.3 is 5.97 Å². The van der Waals surface area contributed by atoms with Crippen molar-refractivity contribution in [1.29, 1.82) is 0 Å². The third kappa shape index (κ3) is 2.19. The van der Waals surface area contributed by atoms with Crippen LogP contribution in [0, 0.1) is 6.92 Å². The fourth-order valence-electron chi connectivity index (χ4n) is 2.29. The summed E-state index contributed by atoms with van der Waals surface area (Å²) in [5, 5.41) is 10.3. The zero-order chi connectivity index (χ0) is 14.2. The quantitative estimate of drug-likeness (QED) is 0.878. The number of aliphatic carboxylic acids is 1. The van der Waals surface area contributed by atoms with E-state index >= 15 is 0 Å². The molecule has 0 fully saturated rings. The number of hydrogen-bond donors (Lipinski definition) is 1. The molecular formula is C14H14ClNO3. The predicted molar refractivity (Wildman–Crippen MR) is 75.9 cm³/mol. The highest BCUT2D eigenvalue weighted by Gasteiger charge is 2.16. The van der Waals surface area contributed by atoms with Crippen LogP contribution in [-0.2, 0) is 11.8 Å². The van der Waals surface area contributed by atoms with Crippen LogP contribution in [0.25, 0.3) is 17.0 Å². The summed E-state index contributed by atoms with van der Waals surface area (Å²) in [5.41, 5.74) is 2.57. The van der Waals surface area contributed by atoms with E-state index in [1.54, 1.807) is 19.3 Å². The molecule has 0 radical (unpaired) electrons. The molecule has 100 valence electrons. The highest BCUT2D eigenvalue weighted by atomic mass is 35.5. The van der Waals surface area contributed by atoms with Crippen molar-refractivity contribution in [3.63, 3.8) is 0 Å². The number of benzene rings is 1. The number of halogens is 1. The number of hydrogen-bond acceptors (Lipinski definition) is 2. The van der Waals surface area contributed by atoms with Crippen LogP contribution in [0.15, 0.2) is 18.2 Å². The molecule has 4 nitrogen and oxygen atoms in total. The van der Waals surface area contributed by atoms with Crippen LogP contribution in [-0.4, -0.2) is 22.8 Å². The SMILES string of the molecule is COc1ccc(Cl)c2c1c(C)c(/C=C/C(=O)O)n2C. The molecule has 2 rings (SSSR count). The van der Waals surface area contributed by atoms with Gasteiger partial charge in [0.25, 0.3) is 0 Å². The zero-order valence-corrected chi connectivity index (χ0v) is 11.7. The Kier molecular flexibility index (Phi) is 3.53. The summed E-state index contributed by atoms with van der Waals surface area (Å²) in [5.74, 6) is -0.259. The molecule has 1 aromatic heterocycles. The Morgan fingerprint density at radius 2 is 2.16 bits per heavy atom. The Morgan fingerprint density at radius 3 is 2.74 bits per heavy atom. The highest BCUT2D eigenvalue weighted by Crippen LogP contribution is 2.37. The maximum Gasteiger partial charge on any atom is 0.328 e. The molecule has 0 aliphatic rings. The van der Waals surface area contributed by atoms with Gasteiger partial charge in [-0.05, 0) is 30.7 Å². The molecular weight excluding hydrogens is 266 g/mol. The van der Waals surface area contributed by atoms with Gasteiger partial charge < -0.3 is 14.4 Å². The minimum absolute atomic E-state index is 0.608. The van der Waals surface area contributed by atoms with Crippen LogP contribution in [0.4, 0.5) is 0 Å². The fraction of sp³-hybridized carbons (Fsp3) is 0.214. The second-order valence-electron chi connectivity index (χ2n) is 4.21. The van der Waals surface area contributed by atoms with E-state index in [0.717, 1.165) is 34.0 Å². The third-order valence-corrected chi connectivity index (χ3v) is 3.46. The lowest BCUT2D eigenvalue weighted by atomic mass is 10.1. The van der Waals surface area contributed by atoms with Gasteiger partial charge in [-0.15, -0.1) is 0 Å². The van der Waals surface area contributed by atoms with E-state index in [2.05, 4.69) is 0 Å². The number of rotatable bonds is 3. The van der Waals surface area contributed by atoms with Gasteiger partial charge in [-0.3, -0.25) is 0 Å². The molecule has 1 N–H and O–H groups in total. The van der Waals surface area contributed by atoms with Gasteiger partial charge in [0.2, 0.25) is 0 Å². The van der Waals surface area contributed by atoms with E-state index in [4.69, 9.17) is 21.4 Å². The van der Waals surface area contributed by atoms with Crippen LogP contribution in [0.5, 0.6) is 5.75 Å². The number of ether oxygens (including phenoxy) is 1. The lowest BCUT2D eigenvalue weighted by Crippen LogP contribution is -1.93. The molecule has 1 heterocycles. The number of carboxylic acids is 1. The number of carboxylic acid groups (broad SMARTS) is 1. The van der Waals surface area contributed by atoms with Gasteiger partial charge in [-0.25, -0.2) is 4.79 Å². The van der Waals surface area contributed by atoms with E-state index in [-0.39, 0.29) is 0 Å². The Morgan fingerprint density at radius 1 is 1.47 bits per heavy atom. The van der Waals surface area contributed by atoms with E-state index in [1.807, 2.05) is 24.6 Å². The Bertz CT molecular complexity index is 686. The van der Waals surface area contributed by atoms with Crippen LogP contribution < -0.4 is 4.74 Å². The van der Waals surface area contributed by atoms with Crippen molar-refractivity contribution >= 4 is 34.5 Å². The van der Waals surface area contributed by atoms with Crippen LogP contribution in [0.1, 0.15) is 11.3 Å². The maximum absolute atomic E-state index is 10.7. The number of aromatic nitrogens is 1. The minimum Gasteiger partial charge on any atom is -0.496 e. The molecule has 0 amide bonds. The molecule has 5 heteroatoms. The first-order valence-electron chi connectivity index (χ1n) is 5.69. The summed E-state index contributed by atoms with van der Waals surface area (Å²) in [6.07, 6.45) is 2.68. The molecule has 0 aliphatic carbocycles. The number of nitrogens with zero attached hydrogens (tertiary/aromatic N) is 1. The summed E-state index contributed by atoms with van der Waals surface area (Å²) >= 11 is 6.22. The van der Waals surface area contributed by atoms with Gasteiger partial charge in [-0.2, -0.15) is 0 Å². The summed E-state index contributed by atoms with van der Waals surface area (Å²) < 4.78 is 7.21. The summed E-state index contributed by atoms with van der Waals surface area (Å²) in [6.45, 7) is 1.92. The average molecular weight is 280 g/mol. The number of methoxy groups -OCH3 is 1. The second kappa shape index (κ2) is 4.97. The first kappa shape index (κ1) is 13.5. The third-order valence-electron chi connectivity index (χ3n) is 3.15. The van der Waals surface area contributed by atoms with E-state index in [1.165, 1.54) is 0 Å². The van der Waals surface area contributed by atoms with Gasteiger partial charge in [-0.1, -0.05) is 11.6 Å². The summed E-state index contributed by atoms with van der Waals surface area (Å²) in [7, 11) is 3.45. The molecule has 19 heavy (non-hydrogen) atoms. The van der Waals surface area contributed by atoms with E-state index in [9.17, 15) is 4.79 Å². The summed E-state index contributed by atoms with van der Waals surface area (Å²) in [6, 6.07) is 3.58. The summed E-state index contributed by atoms with van der Waals surface area (Å²) in [4.78, 5) is 10.7. The van der Waals surface area contributed by atoms with Crippen LogP contribution in [0.2, 0.25) is 5.02 Å². The molecule has 0 saturated carbocycles. The topological polar surface area (TPSA) is 51.5 Å². The monoisotopic (exact) mass is 279 g/mol. The van der Waals surface area contributed by atoms with Crippen molar-refractivity contribution in [2.45, 2.75) is 6.92 Å². The molecule has 0 bridgehead atoms. The zero-order valence-electron chi connectivity index (χ0n) is 10.9. The van der Waals surface area contributed by atoms with E-state index in [0.29, 0.717) is 5.02 Å². The van der Waals surface area contributed by atoms with Gasteiger partial charge in [0.05, 0.1) is 17.6 Å². The standard InChI is InChI=1S/C14H14ClNO3/c1-8-10(5-7-12(17)18)16(2)14-9(15)4-6-11(19-3)13(8)14/h4-7H,1-3H3,(H,17,18)/b7-5+. The molecule has 1 aromatic carbocycles. The van der Waals surface area contributed by atoms with Crippen molar-refractivity contribution in [3.8, 4) is 5.75 Å². The van der Waals surface area contributed by atoms with Gasteiger partial charge in [0.15, 0.2) is 0 Å². The molecule has 0 saturated heterocycles. The van der Waals surface area contributed by atoms with Gasteiger partial charge in [0.1, 0.15) is 5.75 Å². The number of aryl methyl sites for hydroxylation is 2. The number of carbonyl (C=O) groups is 1. The smallest absolute Gasteiger partial charge is 0.328 e. The van der Waals surface area contributed by atoms with E-state index < -0.39 is 5.97 Å². The van der Waals surface area contributed by atoms with Crippen molar-refractivity contribution < 1.29 is 14.6 Å². The van der Waals surface area contributed by atoms with Crippen LogP contribution >= 0.6 is 11.6 Å². The highest BCUT2D eigenvalue weighted by molar-refractivity contribution is 6.35. The molecule has 0 atom stereocenters. The van der Waals surface area contributed by atoms with Crippen molar-refractivity contribution in [3.05, 3.63) is 34.5 Å². The van der Waals surface area contributed by atoms with Crippen LogP contribution in [0.3, 0.4) is 0 Å².